The Morgan fingerprint density at radius 3 is 2.83 bits per heavy atom. The van der Waals surface area contributed by atoms with E-state index in [4.69, 9.17) is 4.74 Å². The van der Waals surface area contributed by atoms with Crippen LogP contribution in [0.3, 0.4) is 0 Å². The Morgan fingerprint density at radius 2 is 2.00 bits per heavy atom. The molecule has 120 valence electrons. The van der Waals surface area contributed by atoms with Gasteiger partial charge in [-0.3, -0.25) is 14.9 Å². The van der Waals surface area contributed by atoms with Crippen LogP contribution < -0.4 is 4.74 Å². The topological polar surface area (TPSA) is 69.4 Å². The van der Waals surface area contributed by atoms with Gasteiger partial charge in [-0.15, -0.1) is 0 Å². The minimum Gasteiger partial charge on any atom is -0.485 e. The minimum atomic E-state index is -0.384. The lowest BCUT2D eigenvalue weighted by Gasteiger charge is -2.30. The van der Waals surface area contributed by atoms with Gasteiger partial charge < -0.3 is 4.74 Å². The molecule has 0 N–H and O–H groups in total. The summed E-state index contributed by atoms with van der Waals surface area (Å²) in [6.45, 7) is 0. The van der Waals surface area contributed by atoms with Gasteiger partial charge in [0.2, 0.25) is 0 Å². The number of ketones is 1. The molecule has 5 nitrogen and oxygen atoms in total. The van der Waals surface area contributed by atoms with Crippen LogP contribution >= 0.6 is 0 Å². The Bertz CT molecular complexity index is 885. The second-order valence-corrected chi connectivity index (χ2v) is 6.05. The lowest BCUT2D eigenvalue weighted by Crippen LogP contribution is -2.31. The van der Waals surface area contributed by atoms with Crippen molar-refractivity contribution in [3.63, 3.8) is 0 Å². The van der Waals surface area contributed by atoms with E-state index in [0.29, 0.717) is 17.6 Å². The van der Waals surface area contributed by atoms with Gasteiger partial charge in [0.1, 0.15) is 11.9 Å². The first kappa shape index (κ1) is 14.6. The van der Waals surface area contributed by atoms with Crippen LogP contribution in [0.5, 0.6) is 5.75 Å². The summed E-state index contributed by atoms with van der Waals surface area (Å²) in [5.74, 6) is 0.855. The van der Waals surface area contributed by atoms with E-state index >= 15 is 0 Å². The highest BCUT2D eigenvalue weighted by Gasteiger charge is 2.31. The van der Waals surface area contributed by atoms with E-state index < -0.39 is 0 Å². The zero-order valence-corrected chi connectivity index (χ0v) is 12.9. The van der Waals surface area contributed by atoms with Gasteiger partial charge in [0, 0.05) is 23.6 Å². The van der Waals surface area contributed by atoms with Crippen molar-refractivity contribution in [2.75, 3.05) is 0 Å². The van der Waals surface area contributed by atoms with E-state index in [9.17, 15) is 14.9 Å². The molecule has 1 fully saturated rings. The summed E-state index contributed by atoms with van der Waals surface area (Å²) < 4.78 is 5.95. The Kier molecular flexibility index (Phi) is 3.41. The highest BCUT2D eigenvalue weighted by molar-refractivity contribution is 6.02. The normalized spacial score (nSPS) is 18.9. The molecule has 0 spiro atoms. The smallest absolute Gasteiger partial charge is 0.277 e. The lowest BCUT2D eigenvalue weighted by molar-refractivity contribution is -0.384. The molecule has 5 heteroatoms. The van der Waals surface area contributed by atoms with Crippen molar-refractivity contribution < 1.29 is 14.5 Å². The zero-order valence-electron chi connectivity index (χ0n) is 12.9. The van der Waals surface area contributed by atoms with Crippen LogP contribution in [0, 0.1) is 10.1 Å². The molecule has 1 saturated carbocycles. The van der Waals surface area contributed by atoms with Gasteiger partial charge in [-0.2, -0.15) is 0 Å². The number of hydrogen-bond donors (Lipinski definition) is 0. The van der Waals surface area contributed by atoms with Crippen molar-refractivity contribution in [1.29, 1.82) is 0 Å². The van der Waals surface area contributed by atoms with Crippen molar-refractivity contribution >= 4 is 17.5 Å². The van der Waals surface area contributed by atoms with Crippen molar-refractivity contribution in [3.8, 4) is 16.9 Å². The van der Waals surface area contributed by atoms with E-state index in [1.807, 2.05) is 24.3 Å². The molecule has 1 unspecified atom stereocenters. The number of Topliss-reactive ketones (excluding diaryl/α,β-unsaturated/α-hetero) is 1. The number of nitro groups is 1. The van der Waals surface area contributed by atoms with Crippen LogP contribution in [0.15, 0.2) is 48.0 Å². The number of para-hydroxylation sites is 1. The van der Waals surface area contributed by atoms with E-state index in [1.54, 1.807) is 18.2 Å². The minimum absolute atomic E-state index is 0.0634. The highest BCUT2D eigenvalue weighted by Crippen LogP contribution is 2.38. The van der Waals surface area contributed by atoms with Crippen LogP contribution in [0.4, 0.5) is 5.69 Å². The highest BCUT2D eigenvalue weighted by atomic mass is 16.6. The molecule has 1 atom stereocenters. The van der Waals surface area contributed by atoms with Crippen LogP contribution in [0.2, 0.25) is 0 Å². The van der Waals surface area contributed by atoms with Gasteiger partial charge >= 0.3 is 0 Å². The number of hydrogen-bond acceptors (Lipinski definition) is 4. The lowest BCUT2D eigenvalue weighted by atomic mass is 9.87. The molecule has 2 aromatic rings. The van der Waals surface area contributed by atoms with E-state index in [2.05, 4.69) is 0 Å². The third-order valence-electron chi connectivity index (χ3n) is 4.54. The van der Waals surface area contributed by atoms with E-state index in [-0.39, 0.29) is 22.5 Å². The van der Waals surface area contributed by atoms with Gasteiger partial charge in [0.05, 0.1) is 10.5 Å². The summed E-state index contributed by atoms with van der Waals surface area (Å²) in [7, 11) is 0. The number of carbonyl (C=O) groups is 1. The fourth-order valence-electron chi connectivity index (χ4n) is 3.36. The van der Waals surface area contributed by atoms with Crippen LogP contribution in [-0.4, -0.2) is 16.8 Å². The summed E-state index contributed by atoms with van der Waals surface area (Å²) in [5, 5.41) is 11.2. The van der Waals surface area contributed by atoms with Crippen LogP contribution in [0.1, 0.15) is 24.8 Å². The molecular weight excluding hydrogens is 306 g/mol. The average Bonchev–Trinajstić information content (AvgIpc) is 2.60. The molecular formula is C19H15NO4. The SMILES string of the molecule is O=C1CCCC2Oc3ccc(-c4ccccc4[N+](=O)[O-])cc3C=C12. The molecule has 2 aromatic carbocycles. The first-order chi connectivity index (χ1) is 11.6. The maximum atomic E-state index is 12.1. The van der Waals surface area contributed by atoms with Crippen molar-refractivity contribution in [3.05, 3.63) is 63.7 Å². The van der Waals surface area contributed by atoms with E-state index in [1.165, 1.54) is 6.07 Å². The van der Waals surface area contributed by atoms with Crippen molar-refractivity contribution in [2.24, 2.45) is 0 Å². The number of benzene rings is 2. The molecule has 1 aliphatic carbocycles. The third kappa shape index (κ3) is 2.38. The largest absolute Gasteiger partial charge is 0.485 e. The second-order valence-electron chi connectivity index (χ2n) is 6.05. The van der Waals surface area contributed by atoms with Gasteiger partial charge in [0.25, 0.3) is 5.69 Å². The molecule has 0 radical (unpaired) electrons. The number of ether oxygens (including phenoxy) is 1. The van der Waals surface area contributed by atoms with E-state index in [0.717, 1.165) is 29.7 Å². The molecule has 0 aromatic heterocycles. The van der Waals surface area contributed by atoms with Gasteiger partial charge in [-0.05, 0) is 42.7 Å². The summed E-state index contributed by atoms with van der Waals surface area (Å²) in [6.07, 6.45) is 3.98. The summed E-state index contributed by atoms with van der Waals surface area (Å²) in [6, 6.07) is 12.1. The fourth-order valence-corrected chi connectivity index (χ4v) is 3.36. The first-order valence-electron chi connectivity index (χ1n) is 7.93. The number of nitrogens with zero attached hydrogens (tertiary/aromatic N) is 1. The van der Waals surface area contributed by atoms with Crippen molar-refractivity contribution in [2.45, 2.75) is 25.4 Å². The predicted octanol–water partition coefficient (Wildman–Crippen LogP) is 4.16. The summed E-state index contributed by atoms with van der Waals surface area (Å²) in [5.41, 5.74) is 2.87. The Hall–Kier alpha value is -2.95. The maximum Gasteiger partial charge on any atom is 0.277 e. The number of fused-ring (bicyclic) bond motifs is 2. The van der Waals surface area contributed by atoms with Gasteiger partial charge in [-0.25, -0.2) is 0 Å². The monoisotopic (exact) mass is 321 g/mol. The standard InChI is InChI=1S/C19H15NO4/c21-17-6-3-7-19-15(17)11-13-10-12(8-9-18(13)24-19)14-4-1-2-5-16(14)20(22)23/h1-2,4-5,8-11,19H,3,6-7H2. The quantitative estimate of drug-likeness (QED) is 0.615. The number of carbonyl (C=O) groups excluding carboxylic acids is 1. The number of nitro benzene ring substituents is 1. The molecule has 0 amide bonds. The average molecular weight is 321 g/mol. The molecule has 0 saturated heterocycles. The predicted molar refractivity (Wildman–Crippen MR) is 89.8 cm³/mol. The Balaban J connectivity index is 1.80. The fraction of sp³-hybridized carbons (Fsp3) is 0.211. The molecule has 0 bridgehead atoms. The summed E-state index contributed by atoms with van der Waals surface area (Å²) >= 11 is 0. The van der Waals surface area contributed by atoms with Gasteiger partial charge in [0.15, 0.2) is 5.78 Å². The first-order valence-corrected chi connectivity index (χ1v) is 7.93. The Morgan fingerprint density at radius 1 is 1.17 bits per heavy atom. The summed E-state index contributed by atoms with van der Waals surface area (Å²) in [4.78, 5) is 23.0. The second kappa shape index (κ2) is 5.60. The van der Waals surface area contributed by atoms with Gasteiger partial charge in [-0.1, -0.05) is 18.2 Å². The molecule has 1 heterocycles. The molecule has 2 aliphatic rings. The van der Waals surface area contributed by atoms with Crippen LogP contribution in [-0.2, 0) is 4.79 Å². The third-order valence-corrected chi connectivity index (χ3v) is 4.54. The zero-order chi connectivity index (χ0) is 16.7. The maximum absolute atomic E-state index is 12.1. The Labute approximate surface area is 138 Å². The molecule has 4 rings (SSSR count). The number of rotatable bonds is 2. The molecule has 1 aliphatic heterocycles. The van der Waals surface area contributed by atoms with Crippen molar-refractivity contribution in [1.82, 2.24) is 0 Å². The van der Waals surface area contributed by atoms with Crippen LogP contribution in [0.25, 0.3) is 17.2 Å². The molecule has 24 heavy (non-hydrogen) atoms.